The number of nitrogens with one attached hydrogen (secondary N) is 2. The molecule has 9 heteroatoms. The highest BCUT2D eigenvalue weighted by Gasteiger charge is 2.22. The first-order valence-corrected chi connectivity index (χ1v) is 7.45. The van der Waals surface area contributed by atoms with Crippen LogP contribution >= 0.6 is 0 Å². The number of nitrogens with zero attached hydrogens (tertiary/aromatic N) is 2. The van der Waals surface area contributed by atoms with Crippen molar-refractivity contribution in [3.8, 4) is 0 Å². The van der Waals surface area contributed by atoms with E-state index in [4.69, 9.17) is 5.73 Å². The van der Waals surface area contributed by atoms with Crippen molar-refractivity contribution in [3.05, 3.63) is 36.2 Å². The number of hydrogen-bond donors (Lipinski definition) is 3. The Bertz CT molecular complexity index is 762. The molecule has 0 aliphatic carbocycles. The van der Waals surface area contributed by atoms with Gasteiger partial charge in [-0.3, -0.25) is 9.52 Å². The number of aryl methyl sites for hydroxylation is 1. The molecule has 2 rings (SSSR count). The molecule has 0 saturated heterocycles. The lowest BCUT2D eigenvalue weighted by molar-refractivity contribution is 0.0963. The van der Waals surface area contributed by atoms with Crippen molar-refractivity contribution >= 4 is 27.4 Å². The molecule has 1 aromatic heterocycles. The van der Waals surface area contributed by atoms with Crippen LogP contribution in [0.3, 0.4) is 0 Å². The van der Waals surface area contributed by atoms with Crippen molar-refractivity contribution in [3.63, 3.8) is 0 Å². The minimum atomic E-state index is -3.89. The lowest BCUT2D eigenvalue weighted by atomic mass is 10.2. The lowest BCUT2D eigenvalue weighted by Crippen LogP contribution is -2.19. The van der Waals surface area contributed by atoms with E-state index in [-0.39, 0.29) is 22.4 Å². The van der Waals surface area contributed by atoms with Gasteiger partial charge in [0.15, 0.2) is 10.8 Å². The number of sulfonamides is 1. The van der Waals surface area contributed by atoms with Crippen LogP contribution in [-0.2, 0) is 17.1 Å². The van der Waals surface area contributed by atoms with Gasteiger partial charge in [0, 0.05) is 25.3 Å². The molecule has 0 radical (unpaired) electrons. The number of nitrogens with two attached hydrogens (primary N) is 1. The summed E-state index contributed by atoms with van der Waals surface area (Å²) in [6.07, 6.45) is 1.31. The molecule has 112 valence electrons. The van der Waals surface area contributed by atoms with Crippen LogP contribution in [0.15, 0.2) is 35.6 Å². The van der Waals surface area contributed by atoms with Crippen LogP contribution in [-0.4, -0.2) is 30.9 Å². The first-order valence-electron chi connectivity index (χ1n) is 5.97. The van der Waals surface area contributed by atoms with Gasteiger partial charge >= 0.3 is 0 Å². The number of nitrogen functional groups attached to an aromatic ring is 1. The first-order chi connectivity index (χ1) is 9.85. The maximum absolute atomic E-state index is 12.3. The van der Waals surface area contributed by atoms with Crippen LogP contribution in [0.4, 0.5) is 11.5 Å². The zero-order valence-corrected chi connectivity index (χ0v) is 12.3. The second kappa shape index (κ2) is 5.44. The van der Waals surface area contributed by atoms with Crippen LogP contribution < -0.4 is 15.8 Å². The summed E-state index contributed by atoms with van der Waals surface area (Å²) in [6, 6.07) is 6.13. The predicted molar refractivity (Wildman–Crippen MR) is 78.3 cm³/mol. The van der Waals surface area contributed by atoms with E-state index in [0.717, 1.165) is 0 Å². The molecular formula is C12H15N5O3S. The largest absolute Gasteiger partial charge is 0.381 e. The molecule has 1 heterocycles. The van der Waals surface area contributed by atoms with Crippen molar-refractivity contribution in [1.29, 1.82) is 0 Å². The van der Waals surface area contributed by atoms with E-state index < -0.39 is 10.0 Å². The summed E-state index contributed by atoms with van der Waals surface area (Å²) in [5, 5.41) is 2.34. The van der Waals surface area contributed by atoms with Crippen LogP contribution in [0.5, 0.6) is 0 Å². The fourth-order valence-corrected chi connectivity index (χ4v) is 3.12. The summed E-state index contributed by atoms with van der Waals surface area (Å²) >= 11 is 0. The summed E-state index contributed by atoms with van der Waals surface area (Å²) < 4.78 is 28.3. The molecule has 1 amide bonds. The molecule has 0 aliphatic heterocycles. The molecule has 4 N–H and O–H groups in total. The average molecular weight is 309 g/mol. The van der Waals surface area contributed by atoms with Crippen molar-refractivity contribution < 1.29 is 13.2 Å². The van der Waals surface area contributed by atoms with Crippen molar-refractivity contribution in [1.82, 2.24) is 14.9 Å². The van der Waals surface area contributed by atoms with E-state index in [0.29, 0.717) is 5.56 Å². The standard InChI is InChI=1S/C12H15N5O3S/c1-14-11(18)8-4-3-5-9(6-8)16-21(19,20)12-10(13)15-7-17(12)2/h3-7,16H,13H2,1-2H3,(H,14,18). The van der Waals surface area contributed by atoms with Crippen molar-refractivity contribution in [2.45, 2.75) is 5.03 Å². The molecule has 1 aromatic carbocycles. The van der Waals surface area contributed by atoms with Gasteiger partial charge in [-0.2, -0.15) is 8.42 Å². The SMILES string of the molecule is CNC(=O)c1cccc(NS(=O)(=O)c2c(N)ncn2C)c1. The van der Waals surface area contributed by atoms with E-state index in [2.05, 4.69) is 15.0 Å². The Morgan fingerprint density at radius 1 is 1.38 bits per heavy atom. The number of hydrogen-bond acceptors (Lipinski definition) is 5. The number of rotatable bonds is 4. The van der Waals surface area contributed by atoms with Crippen LogP contribution in [0.2, 0.25) is 0 Å². The predicted octanol–water partition coefficient (Wildman–Crippen LogP) is 0.163. The average Bonchev–Trinajstić information content (AvgIpc) is 2.77. The maximum Gasteiger partial charge on any atom is 0.281 e. The number of carbonyl (C=O) groups is 1. The number of amides is 1. The van der Waals surface area contributed by atoms with Crippen molar-refractivity contribution in [2.24, 2.45) is 7.05 Å². The quantitative estimate of drug-likeness (QED) is 0.743. The Morgan fingerprint density at radius 3 is 2.67 bits per heavy atom. The fourth-order valence-electron chi connectivity index (χ4n) is 1.84. The van der Waals surface area contributed by atoms with Gasteiger partial charge in [0.05, 0.1) is 6.33 Å². The Balaban J connectivity index is 2.36. The fraction of sp³-hybridized carbons (Fsp3) is 0.167. The minimum Gasteiger partial charge on any atom is -0.381 e. The smallest absolute Gasteiger partial charge is 0.281 e. The summed E-state index contributed by atoms with van der Waals surface area (Å²) in [7, 11) is -0.865. The summed E-state index contributed by atoms with van der Waals surface area (Å²) in [5.74, 6) is -0.399. The van der Waals surface area contributed by atoms with Crippen molar-refractivity contribution in [2.75, 3.05) is 17.5 Å². The number of benzene rings is 1. The Hall–Kier alpha value is -2.55. The van der Waals surface area contributed by atoms with Crippen LogP contribution in [0.25, 0.3) is 0 Å². The highest BCUT2D eigenvalue weighted by Crippen LogP contribution is 2.20. The highest BCUT2D eigenvalue weighted by atomic mass is 32.2. The summed E-state index contributed by atoms with van der Waals surface area (Å²) in [4.78, 5) is 15.3. The van der Waals surface area contributed by atoms with E-state index in [1.54, 1.807) is 12.1 Å². The molecule has 0 spiro atoms. The second-order valence-electron chi connectivity index (χ2n) is 4.31. The molecule has 0 bridgehead atoms. The molecule has 0 atom stereocenters. The molecule has 0 fully saturated rings. The van der Waals surface area contributed by atoms with E-state index >= 15 is 0 Å². The Kier molecular flexibility index (Phi) is 3.85. The van der Waals surface area contributed by atoms with Gasteiger partial charge in [-0.15, -0.1) is 0 Å². The monoisotopic (exact) mass is 309 g/mol. The molecular weight excluding hydrogens is 294 g/mol. The molecule has 8 nitrogen and oxygen atoms in total. The van der Waals surface area contributed by atoms with Gasteiger partial charge in [-0.05, 0) is 18.2 Å². The first kappa shape index (κ1) is 14.9. The molecule has 0 unspecified atom stereocenters. The highest BCUT2D eigenvalue weighted by molar-refractivity contribution is 7.92. The van der Waals surface area contributed by atoms with Gasteiger partial charge < -0.3 is 15.6 Å². The number of carbonyl (C=O) groups excluding carboxylic acids is 1. The zero-order valence-electron chi connectivity index (χ0n) is 11.5. The van der Waals surface area contributed by atoms with Gasteiger partial charge in [0.2, 0.25) is 0 Å². The maximum atomic E-state index is 12.3. The third-order valence-corrected chi connectivity index (χ3v) is 4.28. The van der Waals surface area contributed by atoms with Gasteiger partial charge in [0.1, 0.15) is 0 Å². The minimum absolute atomic E-state index is 0.0903. The molecule has 21 heavy (non-hydrogen) atoms. The van der Waals surface area contributed by atoms with E-state index in [9.17, 15) is 13.2 Å². The third-order valence-electron chi connectivity index (χ3n) is 2.77. The van der Waals surface area contributed by atoms with E-state index in [1.807, 2.05) is 0 Å². The lowest BCUT2D eigenvalue weighted by Gasteiger charge is -2.10. The van der Waals surface area contributed by atoms with Crippen LogP contribution in [0, 0.1) is 0 Å². The molecule has 2 aromatic rings. The topological polar surface area (TPSA) is 119 Å². The zero-order chi connectivity index (χ0) is 15.6. The Morgan fingerprint density at radius 2 is 2.10 bits per heavy atom. The number of anilines is 2. The van der Waals surface area contributed by atoms with Gasteiger partial charge in [-0.1, -0.05) is 6.07 Å². The Labute approximate surface area is 122 Å². The van der Waals surface area contributed by atoms with E-state index in [1.165, 1.54) is 37.1 Å². The summed E-state index contributed by atoms with van der Waals surface area (Å²) in [5.41, 5.74) is 6.17. The normalized spacial score (nSPS) is 11.1. The van der Waals surface area contributed by atoms with Gasteiger partial charge in [-0.25, -0.2) is 4.98 Å². The molecule has 0 saturated carbocycles. The number of aromatic nitrogens is 2. The molecule has 0 aliphatic rings. The summed E-state index contributed by atoms with van der Waals surface area (Å²) in [6.45, 7) is 0. The van der Waals surface area contributed by atoms with Gasteiger partial charge in [0.25, 0.3) is 15.9 Å². The number of imidazole rings is 1. The third kappa shape index (κ3) is 2.97. The second-order valence-corrected chi connectivity index (χ2v) is 5.91. The van der Waals surface area contributed by atoms with Crippen LogP contribution in [0.1, 0.15) is 10.4 Å².